The SMILES string of the molecule is Nc1nc2c(ncn2CC2(NCO[P+](=O)OCNC3(Cn4cnc5c(=O)[nH]c(N)nc54)CC3)CC2)c(=O)[nH]1. The quantitative estimate of drug-likeness (QED) is 0.0951. The fourth-order valence-electron chi connectivity index (χ4n) is 4.42. The van der Waals surface area contributed by atoms with Gasteiger partial charge in [-0.1, -0.05) is 0 Å². The summed E-state index contributed by atoms with van der Waals surface area (Å²) in [5, 5.41) is 6.51. The highest BCUT2D eigenvalue weighted by molar-refractivity contribution is 7.33. The van der Waals surface area contributed by atoms with Gasteiger partial charge < -0.3 is 20.6 Å². The van der Waals surface area contributed by atoms with E-state index in [1.165, 1.54) is 0 Å². The molecule has 8 N–H and O–H groups in total. The van der Waals surface area contributed by atoms with Crippen LogP contribution in [0.15, 0.2) is 22.2 Å². The number of aromatic nitrogens is 8. The minimum atomic E-state index is -2.37. The van der Waals surface area contributed by atoms with Crippen LogP contribution in [0.3, 0.4) is 0 Å². The number of nitrogens with one attached hydrogen (secondary N) is 4. The number of H-pyrrole nitrogens is 2. The Balaban J connectivity index is 0.969. The van der Waals surface area contributed by atoms with Crippen molar-refractivity contribution >= 4 is 42.5 Å². The van der Waals surface area contributed by atoms with Crippen molar-refractivity contribution in [1.29, 1.82) is 0 Å². The summed E-state index contributed by atoms with van der Waals surface area (Å²) in [7, 11) is -2.37. The molecule has 2 fully saturated rings. The number of rotatable bonds is 12. The molecule has 4 aromatic rings. The average Bonchev–Trinajstić information content (AvgIpc) is 3.72. The Kier molecular flexibility index (Phi) is 5.96. The highest BCUT2D eigenvalue weighted by atomic mass is 31.1. The van der Waals surface area contributed by atoms with Crippen molar-refractivity contribution in [2.24, 2.45) is 0 Å². The van der Waals surface area contributed by atoms with Crippen molar-refractivity contribution in [2.75, 3.05) is 24.9 Å². The summed E-state index contributed by atoms with van der Waals surface area (Å²) in [5.74, 6) is 0.0484. The summed E-state index contributed by atoms with van der Waals surface area (Å²) < 4.78 is 26.4. The lowest BCUT2D eigenvalue weighted by molar-refractivity contribution is 0.179. The highest BCUT2D eigenvalue weighted by Crippen LogP contribution is 2.39. The predicted octanol–water partition coefficient (Wildman–Crippen LogP) is -0.733. The van der Waals surface area contributed by atoms with Crippen molar-refractivity contribution in [3.63, 3.8) is 0 Å². The summed E-state index contributed by atoms with van der Waals surface area (Å²) in [4.78, 5) is 45.4. The zero-order valence-corrected chi connectivity index (χ0v) is 21.0. The van der Waals surface area contributed by atoms with Crippen LogP contribution >= 0.6 is 8.25 Å². The molecule has 0 unspecified atom stereocenters. The normalized spacial score (nSPS) is 17.3. The van der Waals surface area contributed by atoms with Crippen molar-refractivity contribution in [2.45, 2.75) is 49.9 Å². The van der Waals surface area contributed by atoms with E-state index in [1.54, 1.807) is 21.8 Å². The molecular formula is C20H26N12O5P+. The van der Waals surface area contributed by atoms with Gasteiger partial charge in [-0.25, -0.2) is 9.97 Å². The fourth-order valence-corrected chi connectivity index (χ4v) is 4.84. The van der Waals surface area contributed by atoms with Crippen molar-refractivity contribution in [3.8, 4) is 0 Å². The molecule has 2 aliphatic carbocycles. The van der Waals surface area contributed by atoms with E-state index in [4.69, 9.17) is 20.5 Å². The second kappa shape index (κ2) is 9.21. The molecule has 0 saturated heterocycles. The Morgan fingerprint density at radius 2 is 1.26 bits per heavy atom. The third kappa shape index (κ3) is 4.89. The topological polar surface area (TPSA) is 239 Å². The van der Waals surface area contributed by atoms with E-state index in [9.17, 15) is 14.2 Å². The van der Waals surface area contributed by atoms with E-state index in [2.05, 4.69) is 40.5 Å². The molecule has 38 heavy (non-hydrogen) atoms. The van der Waals surface area contributed by atoms with Crippen LogP contribution in [0, 0.1) is 0 Å². The van der Waals surface area contributed by atoms with Gasteiger partial charge in [0, 0.05) is 28.7 Å². The fraction of sp³-hybridized carbons (Fsp3) is 0.500. The van der Waals surface area contributed by atoms with E-state index < -0.39 is 19.4 Å². The van der Waals surface area contributed by atoms with Gasteiger partial charge in [0.1, 0.15) is 0 Å². The molecule has 0 aromatic carbocycles. The maximum absolute atomic E-state index is 12.3. The Hall–Kier alpha value is -3.76. The van der Waals surface area contributed by atoms with Gasteiger partial charge in [-0.15, -0.1) is 9.05 Å². The Morgan fingerprint density at radius 1 is 0.842 bits per heavy atom. The van der Waals surface area contributed by atoms with Crippen LogP contribution in [-0.2, 0) is 26.7 Å². The van der Waals surface area contributed by atoms with Crippen LogP contribution < -0.4 is 33.2 Å². The Morgan fingerprint density at radius 3 is 1.66 bits per heavy atom. The van der Waals surface area contributed by atoms with E-state index in [0.717, 1.165) is 25.7 Å². The van der Waals surface area contributed by atoms with Crippen molar-refractivity contribution in [1.82, 2.24) is 49.7 Å². The number of hydrogen-bond acceptors (Lipinski definition) is 13. The zero-order chi connectivity index (χ0) is 26.5. The number of nitrogens with zero attached hydrogens (tertiary/aromatic N) is 6. The van der Waals surface area contributed by atoms with Crippen LogP contribution in [0.5, 0.6) is 0 Å². The molecule has 4 heterocycles. The summed E-state index contributed by atoms with van der Waals surface area (Å²) in [5.41, 5.74) is 11.2. The third-order valence-electron chi connectivity index (χ3n) is 6.87. The van der Waals surface area contributed by atoms with Gasteiger partial charge in [0.25, 0.3) is 11.1 Å². The van der Waals surface area contributed by atoms with Crippen molar-refractivity contribution < 1.29 is 13.6 Å². The number of nitrogens with two attached hydrogens (primary N) is 2. The molecule has 0 bridgehead atoms. The van der Waals surface area contributed by atoms with E-state index in [-0.39, 0.29) is 47.5 Å². The second-order valence-corrected chi connectivity index (χ2v) is 10.6. The maximum atomic E-state index is 12.3. The Bertz CT molecular complexity index is 1530. The molecule has 0 spiro atoms. The van der Waals surface area contributed by atoms with Gasteiger partial charge in [0.05, 0.1) is 12.7 Å². The first-order chi connectivity index (χ1) is 18.2. The molecular weight excluding hydrogens is 519 g/mol. The molecule has 0 amide bonds. The maximum Gasteiger partial charge on any atom is 0.700 e. The van der Waals surface area contributed by atoms with Gasteiger partial charge in [-0.2, -0.15) is 9.97 Å². The van der Waals surface area contributed by atoms with E-state index in [0.29, 0.717) is 24.4 Å². The molecule has 0 radical (unpaired) electrons. The number of imidazole rings is 2. The lowest BCUT2D eigenvalue weighted by atomic mass is 10.3. The second-order valence-electron chi connectivity index (χ2n) is 9.68. The first kappa shape index (κ1) is 24.6. The predicted molar refractivity (Wildman–Crippen MR) is 135 cm³/mol. The largest absolute Gasteiger partial charge is 0.700 e. The molecule has 0 atom stereocenters. The number of aromatic amines is 2. The molecule has 0 aliphatic heterocycles. The monoisotopic (exact) mass is 545 g/mol. The van der Waals surface area contributed by atoms with Gasteiger partial charge >= 0.3 is 8.25 Å². The first-order valence-electron chi connectivity index (χ1n) is 11.9. The van der Waals surface area contributed by atoms with E-state index >= 15 is 0 Å². The molecule has 17 nitrogen and oxygen atoms in total. The third-order valence-corrected chi connectivity index (χ3v) is 7.55. The number of anilines is 2. The molecule has 200 valence electrons. The lowest BCUT2D eigenvalue weighted by Crippen LogP contribution is -2.37. The smallest absolute Gasteiger partial charge is 0.369 e. The highest BCUT2D eigenvalue weighted by Gasteiger charge is 2.45. The van der Waals surface area contributed by atoms with Gasteiger partial charge in [-0.05, 0) is 25.7 Å². The molecule has 2 saturated carbocycles. The lowest BCUT2D eigenvalue weighted by Gasteiger charge is -2.17. The summed E-state index contributed by atoms with van der Waals surface area (Å²) in [6.07, 6.45) is 6.57. The summed E-state index contributed by atoms with van der Waals surface area (Å²) in [6.45, 7) is 1.04. The minimum Gasteiger partial charge on any atom is -0.369 e. The number of hydrogen-bond donors (Lipinski definition) is 6. The van der Waals surface area contributed by atoms with Gasteiger partial charge in [0.15, 0.2) is 35.8 Å². The zero-order valence-electron chi connectivity index (χ0n) is 20.1. The summed E-state index contributed by atoms with van der Waals surface area (Å²) in [6, 6.07) is 0. The Labute approximate surface area is 214 Å². The van der Waals surface area contributed by atoms with Crippen LogP contribution in [0.2, 0.25) is 0 Å². The van der Waals surface area contributed by atoms with Gasteiger partial charge in [0.2, 0.25) is 11.9 Å². The average molecular weight is 545 g/mol. The van der Waals surface area contributed by atoms with Crippen LogP contribution in [0.1, 0.15) is 25.7 Å². The van der Waals surface area contributed by atoms with Crippen LogP contribution in [-0.4, -0.2) is 63.6 Å². The van der Waals surface area contributed by atoms with Gasteiger partial charge in [-0.3, -0.25) is 30.2 Å². The van der Waals surface area contributed by atoms with Crippen LogP contribution in [0.4, 0.5) is 11.9 Å². The number of nitrogen functional groups attached to an aromatic ring is 2. The molecule has 2 aliphatic rings. The van der Waals surface area contributed by atoms with Crippen LogP contribution in [0.25, 0.3) is 22.3 Å². The molecule has 18 heteroatoms. The summed E-state index contributed by atoms with van der Waals surface area (Å²) >= 11 is 0. The molecule has 6 rings (SSSR count). The van der Waals surface area contributed by atoms with Crippen molar-refractivity contribution in [3.05, 3.63) is 33.4 Å². The standard InChI is InChI=1S/C20H25N12O5P/c21-17-27-13-11(15(33)29-17)23-7-31(13)5-19(1-2-19)25-9-36-38(35)37-10-26-20(3-4-20)6-32-8-24-12-14(32)28-18(22)30-16(12)34/h7-8,25-26H,1-6,9-10H2,(H5-,21,22,27,28,29,30,33,34)/p+1. The first-order valence-corrected chi connectivity index (χ1v) is 13.0. The van der Waals surface area contributed by atoms with E-state index in [1.807, 2.05) is 0 Å². The number of fused-ring (bicyclic) bond motifs is 2. The molecule has 4 aromatic heterocycles. The minimum absolute atomic E-state index is 0.0196.